The quantitative estimate of drug-likeness (QED) is 0.692. The summed E-state index contributed by atoms with van der Waals surface area (Å²) in [6.45, 7) is 6.32. The average molecular weight is 193 g/mol. The number of hydrogen-bond donors (Lipinski definition) is 1. The van der Waals surface area contributed by atoms with Gasteiger partial charge in [0.25, 0.3) is 0 Å². The zero-order valence-electron chi connectivity index (χ0n) is 8.13. The minimum absolute atomic E-state index is 0.259. The Hall–Kier alpha value is -0.0900. The summed E-state index contributed by atoms with van der Waals surface area (Å²) in [4.78, 5) is 0. The first-order valence-electron chi connectivity index (χ1n) is 4.49. The van der Waals surface area contributed by atoms with Crippen LogP contribution in [-0.4, -0.2) is 20.7 Å². The molecule has 0 rings (SSSR count). The van der Waals surface area contributed by atoms with Crippen LogP contribution in [0.3, 0.4) is 0 Å². The molecule has 74 valence electrons. The van der Waals surface area contributed by atoms with Crippen LogP contribution < -0.4 is 4.72 Å². The Morgan fingerprint density at radius 2 is 1.92 bits per heavy atom. The van der Waals surface area contributed by atoms with Gasteiger partial charge < -0.3 is 0 Å². The second-order valence-corrected chi connectivity index (χ2v) is 5.02. The molecule has 0 fully saturated rings. The monoisotopic (exact) mass is 193 g/mol. The molecule has 0 aliphatic rings. The second kappa shape index (κ2) is 5.54. The van der Waals surface area contributed by atoms with Gasteiger partial charge in [-0.05, 0) is 12.3 Å². The van der Waals surface area contributed by atoms with Gasteiger partial charge in [0.15, 0.2) is 0 Å². The molecule has 3 nitrogen and oxygen atoms in total. The zero-order valence-corrected chi connectivity index (χ0v) is 8.95. The van der Waals surface area contributed by atoms with Gasteiger partial charge in [-0.15, -0.1) is 0 Å². The molecule has 0 amide bonds. The SMILES string of the molecule is CCCC(C)CS(=O)(=O)NCC. The van der Waals surface area contributed by atoms with Gasteiger partial charge in [-0.2, -0.15) is 0 Å². The fraction of sp³-hybridized carbons (Fsp3) is 1.00. The summed E-state index contributed by atoms with van der Waals surface area (Å²) in [6, 6.07) is 0. The van der Waals surface area contributed by atoms with E-state index in [-0.39, 0.29) is 11.7 Å². The molecule has 0 radical (unpaired) electrons. The smallest absolute Gasteiger partial charge is 0.211 e. The summed E-state index contributed by atoms with van der Waals surface area (Å²) in [5.41, 5.74) is 0. The van der Waals surface area contributed by atoms with Gasteiger partial charge in [0.05, 0.1) is 5.75 Å². The van der Waals surface area contributed by atoms with Crippen molar-refractivity contribution >= 4 is 10.0 Å². The van der Waals surface area contributed by atoms with Crippen molar-refractivity contribution < 1.29 is 8.42 Å². The molecule has 0 aromatic heterocycles. The van der Waals surface area contributed by atoms with E-state index in [9.17, 15) is 8.42 Å². The van der Waals surface area contributed by atoms with E-state index < -0.39 is 10.0 Å². The van der Waals surface area contributed by atoms with Crippen LogP contribution in [0.4, 0.5) is 0 Å². The lowest BCUT2D eigenvalue weighted by molar-refractivity contribution is 0.538. The van der Waals surface area contributed by atoms with Crippen molar-refractivity contribution in [3.63, 3.8) is 0 Å². The number of sulfonamides is 1. The van der Waals surface area contributed by atoms with Crippen LogP contribution in [-0.2, 0) is 10.0 Å². The predicted molar refractivity (Wildman–Crippen MR) is 51.5 cm³/mol. The molecule has 0 heterocycles. The highest BCUT2D eigenvalue weighted by Gasteiger charge is 2.13. The highest BCUT2D eigenvalue weighted by atomic mass is 32.2. The first-order valence-corrected chi connectivity index (χ1v) is 6.14. The van der Waals surface area contributed by atoms with E-state index in [1.807, 2.05) is 6.92 Å². The lowest BCUT2D eigenvalue weighted by Gasteiger charge is -2.10. The van der Waals surface area contributed by atoms with Crippen LogP contribution in [0, 0.1) is 5.92 Å². The molecule has 0 spiro atoms. The van der Waals surface area contributed by atoms with Gasteiger partial charge in [0, 0.05) is 6.54 Å². The minimum atomic E-state index is -3.00. The Morgan fingerprint density at radius 3 is 2.33 bits per heavy atom. The van der Waals surface area contributed by atoms with Crippen molar-refractivity contribution in [2.75, 3.05) is 12.3 Å². The zero-order chi connectivity index (χ0) is 9.61. The van der Waals surface area contributed by atoms with E-state index in [0.717, 1.165) is 12.8 Å². The van der Waals surface area contributed by atoms with Crippen LogP contribution in [0.15, 0.2) is 0 Å². The summed E-state index contributed by atoms with van der Waals surface area (Å²) in [5, 5.41) is 0. The molecule has 4 heteroatoms. The highest BCUT2D eigenvalue weighted by molar-refractivity contribution is 7.89. The molecule has 1 N–H and O–H groups in total. The van der Waals surface area contributed by atoms with Crippen molar-refractivity contribution in [1.82, 2.24) is 4.72 Å². The van der Waals surface area contributed by atoms with Crippen LogP contribution in [0.1, 0.15) is 33.6 Å². The number of rotatable bonds is 6. The van der Waals surface area contributed by atoms with Gasteiger partial charge in [-0.3, -0.25) is 0 Å². The van der Waals surface area contributed by atoms with Crippen LogP contribution in [0.5, 0.6) is 0 Å². The average Bonchev–Trinajstić information content (AvgIpc) is 1.85. The van der Waals surface area contributed by atoms with E-state index in [1.54, 1.807) is 6.92 Å². The van der Waals surface area contributed by atoms with Gasteiger partial charge in [0.1, 0.15) is 0 Å². The largest absolute Gasteiger partial charge is 0.216 e. The summed E-state index contributed by atoms with van der Waals surface area (Å²) in [6.07, 6.45) is 2.02. The number of nitrogens with one attached hydrogen (secondary N) is 1. The standard InChI is InChI=1S/C8H19NO2S/c1-4-6-8(3)7-12(10,11)9-5-2/h8-9H,4-7H2,1-3H3. The van der Waals surface area contributed by atoms with Crippen molar-refractivity contribution in [2.45, 2.75) is 33.6 Å². The summed E-state index contributed by atoms with van der Waals surface area (Å²) in [7, 11) is -3.00. The maximum Gasteiger partial charge on any atom is 0.211 e. The van der Waals surface area contributed by atoms with Crippen molar-refractivity contribution in [2.24, 2.45) is 5.92 Å². The van der Waals surface area contributed by atoms with E-state index in [1.165, 1.54) is 0 Å². The summed E-state index contributed by atoms with van der Waals surface area (Å²) in [5.74, 6) is 0.522. The molecule has 1 unspecified atom stereocenters. The van der Waals surface area contributed by atoms with Gasteiger partial charge in [-0.1, -0.05) is 27.2 Å². The Kier molecular flexibility index (Phi) is 5.50. The van der Waals surface area contributed by atoms with Gasteiger partial charge >= 0.3 is 0 Å². The van der Waals surface area contributed by atoms with Crippen LogP contribution in [0.25, 0.3) is 0 Å². The van der Waals surface area contributed by atoms with E-state index in [2.05, 4.69) is 11.6 Å². The van der Waals surface area contributed by atoms with Crippen molar-refractivity contribution in [1.29, 1.82) is 0 Å². The second-order valence-electron chi connectivity index (χ2n) is 3.17. The van der Waals surface area contributed by atoms with E-state index in [4.69, 9.17) is 0 Å². The fourth-order valence-corrected chi connectivity index (χ4v) is 2.70. The number of hydrogen-bond acceptors (Lipinski definition) is 2. The molecule has 12 heavy (non-hydrogen) atoms. The molecule has 0 aromatic rings. The fourth-order valence-electron chi connectivity index (χ4n) is 1.23. The Labute approximate surface area is 75.6 Å². The maximum atomic E-state index is 11.2. The first kappa shape index (κ1) is 11.9. The van der Waals surface area contributed by atoms with E-state index >= 15 is 0 Å². The predicted octanol–water partition coefficient (Wildman–Crippen LogP) is 1.36. The van der Waals surface area contributed by atoms with E-state index in [0.29, 0.717) is 6.54 Å². The molecule has 0 aliphatic carbocycles. The Morgan fingerprint density at radius 1 is 1.33 bits per heavy atom. The van der Waals surface area contributed by atoms with Crippen LogP contribution >= 0.6 is 0 Å². The molecule has 0 aromatic carbocycles. The molecular formula is C8H19NO2S. The van der Waals surface area contributed by atoms with Crippen molar-refractivity contribution in [3.05, 3.63) is 0 Å². The third-order valence-corrected chi connectivity index (χ3v) is 3.39. The highest BCUT2D eigenvalue weighted by Crippen LogP contribution is 2.07. The molecule has 0 bridgehead atoms. The van der Waals surface area contributed by atoms with Crippen LogP contribution in [0.2, 0.25) is 0 Å². The summed E-state index contributed by atoms with van der Waals surface area (Å²) < 4.78 is 24.9. The Bertz CT molecular complexity index is 199. The topological polar surface area (TPSA) is 46.2 Å². The lowest BCUT2D eigenvalue weighted by Crippen LogP contribution is -2.28. The first-order chi connectivity index (χ1) is 5.52. The van der Waals surface area contributed by atoms with Gasteiger partial charge in [-0.25, -0.2) is 13.1 Å². The molecular weight excluding hydrogens is 174 g/mol. The van der Waals surface area contributed by atoms with Crippen molar-refractivity contribution in [3.8, 4) is 0 Å². The third-order valence-electron chi connectivity index (χ3n) is 1.65. The maximum absolute atomic E-state index is 11.2. The summed E-state index contributed by atoms with van der Waals surface area (Å²) >= 11 is 0. The molecule has 0 aliphatic heterocycles. The normalized spacial score (nSPS) is 14.6. The Balaban J connectivity index is 3.89. The molecule has 1 atom stereocenters. The third kappa shape index (κ3) is 5.55. The molecule has 0 saturated heterocycles. The molecule has 0 saturated carbocycles. The minimum Gasteiger partial charge on any atom is -0.216 e. The lowest BCUT2D eigenvalue weighted by atomic mass is 10.1. The van der Waals surface area contributed by atoms with Gasteiger partial charge in [0.2, 0.25) is 10.0 Å².